The van der Waals surface area contributed by atoms with Crippen LogP contribution >= 0.6 is 0 Å². The zero-order valence-electron chi connectivity index (χ0n) is 9.58. The Kier molecular flexibility index (Phi) is 6.44. The second kappa shape index (κ2) is 6.75. The summed E-state index contributed by atoms with van der Waals surface area (Å²) in [5.74, 6) is 4.87. The summed E-state index contributed by atoms with van der Waals surface area (Å²) in [5.41, 5.74) is 2.16. The number of likely N-dealkylation sites (N-methyl/N-ethyl adjacent to an activating group) is 2. The van der Waals surface area contributed by atoms with E-state index in [-0.39, 0.29) is 11.8 Å². The molecule has 0 rings (SSSR count). The number of nitrogens with one attached hydrogen (secondary N) is 1. The molecule has 0 saturated heterocycles. The number of hydrogen-bond acceptors (Lipinski definition) is 4. The Hall–Kier alpha value is -0.650. The van der Waals surface area contributed by atoms with Gasteiger partial charge in [-0.25, -0.2) is 5.84 Å². The van der Waals surface area contributed by atoms with E-state index in [1.54, 1.807) is 0 Å². The fourth-order valence-corrected chi connectivity index (χ4v) is 1.15. The van der Waals surface area contributed by atoms with E-state index in [9.17, 15) is 4.79 Å². The molecule has 5 heteroatoms. The quantitative estimate of drug-likeness (QED) is 0.333. The van der Waals surface area contributed by atoms with Crippen molar-refractivity contribution in [2.45, 2.75) is 6.92 Å². The minimum Gasteiger partial charge on any atom is -0.308 e. The van der Waals surface area contributed by atoms with E-state index in [0.717, 1.165) is 19.6 Å². The van der Waals surface area contributed by atoms with E-state index in [2.05, 4.69) is 15.2 Å². The molecule has 1 unspecified atom stereocenters. The minimum atomic E-state index is -0.110. The van der Waals surface area contributed by atoms with Crippen LogP contribution in [0.3, 0.4) is 0 Å². The molecule has 0 spiro atoms. The second-order valence-electron chi connectivity index (χ2n) is 3.98. The highest BCUT2D eigenvalue weighted by Crippen LogP contribution is 1.97. The molecule has 0 aliphatic rings. The predicted octanol–water partition coefficient (Wildman–Crippen LogP) is -0.894. The third-order valence-electron chi connectivity index (χ3n) is 2.10. The van der Waals surface area contributed by atoms with Crippen LogP contribution in [0.4, 0.5) is 0 Å². The number of amides is 1. The van der Waals surface area contributed by atoms with Crippen LogP contribution in [0, 0.1) is 5.92 Å². The monoisotopic (exact) mass is 202 g/mol. The Labute approximate surface area is 86.2 Å². The average Bonchev–Trinajstić information content (AvgIpc) is 2.13. The molecular formula is C9H22N4O. The molecule has 0 aliphatic heterocycles. The van der Waals surface area contributed by atoms with Crippen LogP contribution < -0.4 is 11.3 Å². The molecule has 0 saturated carbocycles. The van der Waals surface area contributed by atoms with Crippen LogP contribution in [-0.2, 0) is 4.79 Å². The lowest BCUT2D eigenvalue weighted by Crippen LogP contribution is -2.40. The molecule has 0 radical (unpaired) electrons. The number of rotatable bonds is 6. The van der Waals surface area contributed by atoms with Crippen molar-refractivity contribution in [1.29, 1.82) is 0 Å². The van der Waals surface area contributed by atoms with Crippen LogP contribution in [0.2, 0.25) is 0 Å². The molecule has 1 amide bonds. The lowest BCUT2D eigenvalue weighted by Gasteiger charge is -2.21. The van der Waals surface area contributed by atoms with Crippen molar-refractivity contribution in [3.05, 3.63) is 0 Å². The predicted molar refractivity (Wildman–Crippen MR) is 57.5 cm³/mol. The normalized spacial score (nSPS) is 13.4. The van der Waals surface area contributed by atoms with Gasteiger partial charge in [-0.05, 0) is 21.1 Å². The van der Waals surface area contributed by atoms with Crippen molar-refractivity contribution >= 4 is 5.91 Å². The summed E-state index contributed by atoms with van der Waals surface area (Å²) in [6, 6.07) is 0. The van der Waals surface area contributed by atoms with E-state index in [1.165, 1.54) is 0 Å². The Morgan fingerprint density at radius 2 is 1.93 bits per heavy atom. The fraction of sp³-hybridized carbons (Fsp3) is 0.889. The van der Waals surface area contributed by atoms with Crippen LogP contribution in [0.1, 0.15) is 6.92 Å². The second-order valence-corrected chi connectivity index (χ2v) is 3.98. The molecule has 14 heavy (non-hydrogen) atoms. The lowest BCUT2D eigenvalue weighted by atomic mass is 10.1. The Morgan fingerprint density at radius 1 is 1.36 bits per heavy atom. The third kappa shape index (κ3) is 5.90. The molecule has 0 heterocycles. The summed E-state index contributed by atoms with van der Waals surface area (Å²) in [6.45, 7) is 4.55. The smallest absolute Gasteiger partial charge is 0.237 e. The van der Waals surface area contributed by atoms with Gasteiger partial charge in [0, 0.05) is 25.6 Å². The zero-order valence-corrected chi connectivity index (χ0v) is 9.58. The van der Waals surface area contributed by atoms with Crippen LogP contribution in [-0.4, -0.2) is 56.5 Å². The van der Waals surface area contributed by atoms with Crippen molar-refractivity contribution in [2.24, 2.45) is 11.8 Å². The molecule has 0 fully saturated rings. The summed E-state index contributed by atoms with van der Waals surface area (Å²) >= 11 is 0. The van der Waals surface area contributed by atoms with Crippen molar-refractivity contribution < 1.29 is 4.79 Å². The number of carbonyl (C=O) groups is 1. The molecule has 0 aromatic rings. The number of hydrazine groups is 1. The molecule has 0 aromatic carbocycles. The van der Waals surface area contributed by atoms with E-state index >= 15 is 0 Å². The van der Waals surface area contributed by atoms with E-state index in [0.29, 0.717) is 0 Å². The van der Waals surface area contributed by atoms with Crippen LogP contribution in [0.25, 0.3) is 0 Å². The number of nitrogens with two attached hydrogens (primary N) is 1. The molecule has 84 valence electrons. The Balaban J connectivity index is 3.70. The van der Waals surface area contributed by atoms with Gasteiger partial charge in [0.15, 0.2) is 0 Å². The van der Waals surface area contributed by atoms with Gasteiger partial charge in [0.25, 0.3) is 0 Å². The van der Waals surface area contributed by atoms with Crippen molar-refractivity contribution in [1.82, 2.24) is 15.2 Å². The summed E-state index contributed by atoms with van der Waals surface area (Å²) in [6.07, 6.45) is 0. The first kappa shape index (κ1) is 13.4. The maximum absolute atomic E-state index is 11.1. The van der Waals surface area contributed by atoms with Gasteiger partial charge in [-0.2, -0.15) is 0 Å². The van der Waals surface area contributed by atoms with Gasteiger partial charge in [0.1, 0.15) is 0 Å². The van der Waals surface area contributed by atoms with Crippen LogP contribution in [0.5, 0.6) is 0 Å². The first-order valence-corrected chi connectivity index (χ1v) is 4.81. The SMILES string of the molecule is CC(CN(C)CCN(C)C)C(=O)NN. The maximum atomic E-state index is 11.1. The largest absolute Gasteiger partial charge is 0.308 e. The van der Waals surface area contributed by atoms with E-state index < -0.39 is 0 Å². The standard InChI is InChI=1S/C9H22N4O/c1-8(9(14)11-10)7-13(4)6-5-12(2)3/h8H,5-7,10H2,1-4H3,(H,11,14). The van der Waals surface area contributed by atoms with E-state index in [4.69, 9.17) is 5.84 Å². The molecule has 5 nitrogen and oxygen atoms in total. The maximum Gasteiger partial charge on any atom is 0.237 e. The summed E-state index contributed by atoms with van der Waals surface area (Å²) in [7, 11) is 6.07. The Morgan fingerprint density at radius 3 is 2.36 bits per heavy atom. The molecule has 0 bridgehead atoms. The van der Waals surface area contributed by atoms with Gasteiger partial charge in [0.05, 0.1) is 0 Å². The van der Waals surface area contributed by atoms with Crippen molar-refractivity contribution in [2.75, 3.05) is 40.8 Å². The topological polar surface area (TPSA) is 61.6 Å². The van der Waals surface area contributed by atoms with Gasteiger partial charge in [-0.3, -0.25) is 10.2 Å². The number of carbonyl (C=O) groups excluding carboxylic acids is 1. The van der Waals surface area contributed by atoms with E-state index in [1.807, 2.05) is 28.1 Å². The molecule has 0 aliphatic carbocycles. The summed E-state index contributed by atoms with van der Waals surface area (Å²) in [5, 5.41) is 0. The van der Waals surface area contributed by atoms with Gasteiger partial charge >= 0.3 is 0 Å². The zero-order chi connectivity index (χ0) is 11.1. The molecule has 0 aromatic heterocycles. The lowest BCUT2D eigenvalue weighted by molar-refractivity contribution is -0.125. The minimum absolute atomic E-state index is 0.0628. The highest BCUT2D eigenvalue weighted by atomic mass is 16.2. The fourth-order valence-electron chi connectivity index (χ4n) is 1.15. The number of hydrogen-bond donors (Lipinski definition) is 2. The first-order valence-electron chi connectivity index (χ1n) is 4.81. The Bertz CT molecular complexity index is 172. The number of nitrogens with zero attached hydrogens (tertiary/aromatic N) is 2. The summed E-state index contributed by atoms with van der Waals surface area (Å²) in [4.78, 5) is 15.4. The van der Waals surface area contributed by atoms with Crippen molar-refractivity contribution in [3.8, 4) is 0 Å². The first-order chi connectivity index (χ1) is 6.47. The van der Waals surface area contributed by atoms with Gasteiger partial charge in [-0.15, -0.1) is 0 Å². The van der Waals surface area contributed by atoms with Gasteiger partial charge in [0.2, 0.25) is 5.91 Å². The average molecular weight is 202 g/mol. The highest BCUT2D eigenvalue weighted by molar-refractivity contribution is 5.77. The molecule has 1 atom stereocenters. The van der Waals surface area contributed by atoms with Crippen LogP contribution in [0.15, 0.2) is 0 Å². The van der Waals surface area contributed by atoms with Crippen molar-refractivity contribution in [3.63, 3.8) is 0 Å². The molecular weight excluding hydrogens is 180 g/mol. The third-order valence-corrected chi connectivity index (χ3v) is 2.10. The van der Waals surface area contributed by atoms with Gasteiger partial charge < -0.3 is 9.80 Å². The highest BCUT2D eigenvalue weighted by Gasteiger charge is 2.13. The summed E-state index contributed by atoms with van der Waals surface area (Å²) < 4.78 is 0. The van der Waals surface area contributed by atoms with Gasteiger partial charge in [-0.1, -0.05) is 6.92 Å². The molecule has 3 N–H and O–H groups in total.